The molecule has 0 aromatic rings. The second-order valence-corrected chi connectivity index (χ2v) is 18.7. The van der Waals surface area contributed by atoms with E-state index in [9.17, 15) is 4.79 Å². The zero-order valence-electron chi connectivity index (χ0n) is 8.25. The van der Waals surface area contributed by atoms with E-state index >= 15 is 0 Å². The molecule has 1 unspecified atom stereocenters. The first-order valence-electron chi connectivity index (χ1n) is 4.98. The van der Waals surface area contributed by atoms with Crippen LogP contribution in [0, 0.1) is 0 Å². The fourth-order valence-corrected chi connectivity index (χ4v) is 19.0. The Labute approximate surface area is 97.1 Å². The molecule has 13 heavy (non-hydrogen) atoms. The average Bonchev–Trinajstić information content (AvgIpc) is 2.14. The third-order valence-corrected chi connectivity index (χ3v) is 19.2. The van der Waals surface area contributed by atoms with Gasteiger partial charge in [-0.25, -0.2) is 0 Å². The molecule has 1 fully saturated rings. The minimum atomic E-state index is -0.384. The van der Waals surface area contributed by atoms with Gasteiger partial charge in [0, 0.05) is 0 Å². The number of ketones is 1. The van der Waals surface area contributed by atoms with Crippen LogP contribution in [0.25, 0.3) is 0 Å². The van der Waals surface area contributed by atoms with Crippen LogP contribution < -0.4 is 0 Å². The van der Waals surface area contributed by atoms with Crippen LogP contribution in [0.2, 0.25) is 0 Å². The minimum absolute atomic E-state index is 0.353. The van der Waals surface area contributed by atoms with Gasteiger partial charge in [0.25, 0.3) is 0 Å². The van der Waals surface area contributed by atoms with Gasteiger partial charge in [-0.15, -0.1) is 0 Å². The van der Waals surface area contributed by atoms with Crippen molar-refractivity contribution in [2.75, 3.05) is 5.75 Å². The van der Waals surface area contributed by atoms with Crippen molar-refractivity contribution in [1.29, 1.82) is 0 Å². The molecule has 1 rings (SSSR count). The van der Waals surface area contributed by atoms with Crippen LogP contribution in [0.4, 0.5) is 0 Å². The predicted molar refractivity (Wildman–Crippen MR) is 64.8 cm³/mol. The molecule has 0 N–H and O–H groups in total. The first kappa shape index (κ1) is 12.3. The van der Waals surface area contributed by atoms with E-state index in [0.29, 0.717) is 5.78 Å². The summed E-state index contributed by atoms with van der Waals surface area (Å²) in [5.74, 6) is 1.78. The Kier molecular flexibility index (Phi) is 7.12. The van der Waals surface area contributed by atoms with Crippen molar-refractivity contribution in [3.05, 3.63) is 0 Å². The van der Waals surface area contributed by atoms with Crippen molar-refractivity contribution < 1.29 is 4.79 Å². The van der Waals surface area contributed by atoms with E-state index in [0.717, 1.165) is 18.1 Å². The van der Waals surface area contributed by atoms with Gasteiger partial charge < -0.3 is 0 Å². The fraction of sp³-hybridized carbons (Fsp3) is 0.889. The van der Waals surface area contributed by atoms with Crippen LogP contribution in [0.1, 0.15) is 39.0 Å². The number of hydrogen-bond donors (Lipinski definition) is 0. The Morgan fingerprint density at radius 3 is 3.00 bits per heavy atom. The van der Waals surface area contributed by atoms with Crippen molar-refractivity contribution >= 4 is 43.0 Å². The molecule has 0 radical (unpaired) electrons. The van der Waals surface area contributed by atoms with Gasteiger partial charge in [-0.05, 0) is 0 Å². The van der Waals surface area contributed by atoms with Crippen molar-refractivity contribution in [1.82, 2.24) is 0 Å². The Morgan fingerprint density at radius 2 is 2.38 bits per heavy atom. The second kappa shape index (κ2) is 7.52. The maximum atomic E-state index is 10.7. The summed E-state index contributed by atoms with van der Waals surface area (Å²) in [5.41, 5.74) is 0. The van der Waals surface area contributed by atoms with E-state index < -0.39 is 0 Å². The van der Waals surface area contributed by atoms with Crippen molar-refractivity contribution in [2.45, 2.75) is 44.3 Å². The first-order chi connectivity index (χ1) is 6.29. The molecule has 0 spiro atoms. The molecule has 1 aliphatic rings. The van der Waals surface area contributed by atoms with E-state index in [2.05, 4.69) is 17.2 Å². The van der Waals surface area contributed by atoms with Crippen molar-refractivity contribution in [2.24, 2.45) is 0 Å². The van der Waals surface area contributed by atoms with E-state index in [1.807, 2.05) is 0 Å². The van der Waals surface area contributed by atoms with Gasteiger partial charge in [0.1, 0.15) is 0 Å². The second-order valence-electron chi connectivity index (χ2n) is 3.55. The third kappa shape index (κ3) is 6.34. The van der Waals surface area contributed by atoms with Crippen LogP contribution in [0.3, 0.4) is 0 Å². The average molecular weight is 320 g/mol. The standard InChI is InChI=1S/C9H18OS2.In.H/c1-8(10)4-2-3-5-9(12)6-7-11;;/h9,11-12H,2-7H2,1H3;;/q;+2;/p-2. The Hall–Kier alpha value is 1.24. The third-order valence-electron chi connectivity index (χ3n) is 2.28. The van der Waals surface area contributed by atoms with E-state index in [4.69, 9.17) is 0 Å². The Bertz CT molecular complexity index is 158. The van der Waals surface area contributed by atoms with Gasteiger partial charge in [0.2, 0.25) is 0 Å². The quantitative estimate of drug-likeness (QED) is 0.725. The van der Waals surface area contributed by atoms with Crippen LogP contribution in [0.5, 0.6) is 0 Å². The topological polar surface area (TPSA) is 17.1 Å². The molecule has 74 valence electrons. The van der Waals surface area contributed by atoms with Crippen molar-refractivity contribution in [3.63, 3.8) is 0 Å². The van der Waals surface area contributed by atoms with Crippen LogP contribution in [0.15, 0.2) is 0 Å². The summed E-state index contributed by atoms with van der Waals surface area (Å²) < 4.78 is 0. The zero-order valence-corrected chi connectivity index (χ0v) is 13.9. The summed E-state index contributed by atoms with van der Waals surface area (Å²) in [6.45, 7) is 1.70. The van der Waals surface area contributed by atoms with E-state index in [1.54, 1.807) is 6.92 Å². The number of carbonyl (C=O) groups excluding carboxylic acids is 1. The van der Waals surface area contributed by atoms with E-state index in [1.165, 1.54) is 25.0 Å². The summed E-state index contributed by atoms with van der Waals surface area (Å²) in [5, 5.41) is 0.976. The SMILES string of the molecule is CC(=O)CCCCC1CC[S][InH][S]1. The van der Waals surface area contributed by atoms with Gasteiger partial charge in [-0.1, -0.05) is 0 Å². The number of hydrogen-bond acceptors (Lipinski definition) is 3. The van der Waals surface area contributed by atoms with Gasteiger partial charge in [0.15, 0.2) is 0 Å². The van der Waals surface area contributed by atoms with E-state index in [-0.39, 0.29) is 20.0 Å². The summed E-state index contributed by atoms with van der Waals surface area (Å²) in [7, 11) is 4.57. The zero-order chi connectivity index (χ0) is 9.52. The van der Waals surface area contributed by atoms with Crippen LogP contribution >= 0.6 is 17.2 Å². The fourth-order valence-electron chi connectivity index (χ4n) is 1.48. The molecule has 0 aromatic carbocycles. The summed E-state index contributed by atoms with van der Waals surface area (Å²) in [6.07, 6.45) is 5.99. The molecular weight excluding hydrogens is 303 g/mol. The van der Waals surface area contributed by atoms with Gasteiger partial charge in [-0.3, -0.25) is 0 Å². The predicted octanol–water partition coefficient (Wildman–Crippen LogP) is 2.64. The number of rotatable bonds is 5. The molecule has 0 amide bonds. The normalized spacial score (nSPS) is 22.4. The summed E-state index contributed by atoms with van der Waals surface area (Å²) >= 11 is -0.384. The van der Waals surface area contributed by atoms with Crippen LogP contribution in [-0.4, -0.2) is 36.8 Å². The molecular formula is C9H17InOS2. The molecule has 0 saturated carbocycles. The molecule has 0 aliphatic carbocycles. The number of carbonyl (C=O) groups is 1. The Morgan fingerprint density at radius 1 is 1.54 bits per heavy atom. The monoisotopic (exact) mass is 320 g/mol. The van der Waals surface area contributed by atoms with Crippen molar-refractivity contribution in [3.8, 4) is 0 Å². The number of unbranched alkanes of at least 4 members (excludes halogenated alkanes) is 1. The molecule has 1 heterocycles. The molecule has 4 heteroatoms. The molecule has 1 atom stereocenters. The molecule has 1 aliphatic heterocycles. The molecule has 1 saturated heterocycles. The summed E-state index contributed by atoms with van der Waals surface area (Å²) in [4.78, 5) is 10.7. The molecule has 0 aromatic heterocycles. The maximum absolute atomic E-state index is 10.7. The number of Topliss-reactive ketones (excluding diaryl/α,β-unsaturated/α-hetero) is 1. The summed E-state index contributed by atoms with van der Waals surface area (Å²) in [6, 6.07) is 0. The first-order valence-corrected chi connectivity index (χ1v) is 17.1. The molecule has 0 bridgehead atoms. The van der Waals surface area contributed by atoms with Gasteiger partial charge in [-0.2, -0.15) is 0 Å². The van der Waals surface area contributed by atoms with Gasteiger partial charge in [0.05, 0.1) is 0 Å². The Balaban J connectivity index is 1.95. The van der Waals surface area contributed by atoms with Crippen LogP contribution in [-0.2, 0) is 4.79 Å². The van der Waals surface area contributed by atoms with Gasteiger partial charge >= 0.3 is 97.8 Å². The molecule has 1 nitrogen and oxygen atoms in total.